The van der Waals surface area contributed by atoms with Crippen LogP contribution in [0.25, 0.3) is 0 Å². The summed E-state index contributed by atoms with van der Waals surface area (Å²) >= 11 is 7.05. The Labute approximate surface area is 125 Å². The van der Waals surface area contributed by atoms with Crippen LogP contribution >= 0.6 is 23.4 Å². The van der Waals surface area contributed by atoms with E-state index >= 15 is 0 Å². The van der Waals surface area contributed by atoms with Crippen molar-refractivity contribution in [2.45, 2.75) is 25.2 Å². The topological polar surface area (TPSA) is 32.3 Å². The molecular weight excluding hydrogens is 311 g/mol. The van der Waals surface area contributed by atoms with Crippen molar-refractivity contribution in [2.24, 2.45) is 0 Å². The third-order valence-corrected chi connectivity index (χ3v) is 3.87. The molecule has 1 aromatic carbocycles. The summed E-state index contributed by atoms with van der Waals surface area (Å²) in [6.45, 7) is 2.22. The second kappa shape index (κ2) is 7.02. The van der Waals surface area contributed by atoms with Crippen molar-refractivity contribution >= 4 is 23.4 Å². The van der Waals surface area contributed by atoms with Gasteiger partial charge in [0, 0.05) is 18.8 Å². The van der Waals surface area contributed by atoms with Crippen LogP contribution in [0, 0.1) is 0 Å². The number of hydrogen-bond acceptors (Lipinski definition) is 3. The Bertz CT molecular complexity index is 452. The van der Waals surface area contributed by atoms with Crippen LogP contribution in [-0.4, -0.2) is 29.3 Å². The zero-order valence-electron chi connectivity index (χ0n) is 11.2. The lowest BCUT2D eigenvalue weighted by atomic mass is 10.1. The van der Waals surface area contributed by atoms with E-state index in [1.54, 1.807) is 6.92 Å². The summed E-state index contributed by atoms with van der Waals surface area (Å²) < 4.78 is 38.1. The van der Waals surface area contributed by atoms with Crippen LogP contribution in [-0.2, 0) is 12.7 Å². The predicted molar refractivity (Wildman–Crippen MR) is 77.2 cm³/mol. The van der Waals surface area contributed by atoms with Crippen molar-refractivity contribution < 1.29 is 18.3 Å². The van der Waals surface area contributed by atoms with Gasteiger partial charge < -0.3 is 10.4 Å². The highest BCUT2D eigenvalue weighted by Gasteiger charge is 2.33. The van der Waals surface area contributed by atoms with Gasteiger partial charge >= 0.3 is 6.18 Å². The van der Waals surface area contributed by atoms with Crippen molar-refractivity contribution in [1.29, 1.82) is 0 Å². The largest absolute Gasteiger partial charge is 0.417 e. The van der Waals surface area contributed by atoms with E-state index in [4.69, 9.17) is 11.6 Å². The first-order chi connectivity index (χ1) is 9.15. The Hall–Kier alpha value is -0.430. The van der Waals surface area contributed by atoms with Crippen LogP contribution in [0.2, 0.25) is 5.02 Å². The van der Waals surface area contributed by atoms with Gasteiger partial charge in [-0.1, -0.05) is 17.7 Å². The molecule has 0 fully saturated rings. The number of hydrogen-bond donors (Lipinski definition) is 2. The average molecular weight is 328 g/mol. The monoisotopic (exact) mass is 327 g/mol. The standard InChI is InChI=1S/C13H17ClF3NOS/c1-12(19,8-20-2)7-18-6-9-3-4-11(14)10(5-9)13(15,16)17/h3-5,18-19H,6-8H2,1-2H3. The molecule has 1 unspecified atom stereocenters. The van der Waals surface area contributed by atoms with Gasteiger partial charge in [-0.05, 0) is 30.9 Å². The number of benzene rings is 1. The summed E-state index contributed by atoms with van der Waals surface area (Å²) in [7, 11) is 0. The molecule has 2 nitrogen and oxygen atoms in total. The minimum atomic E-state index is -4.46. The summed E-state index contributed by atoms with van der Waals surface area (Å²) in [5.41, 5.74) is -1.25. The molecule has 114 valence electrons. The molecule has 0 saturated heterocycles. The third kappa shape index (κ3) is 5.52. The van der Waals surface area contributed by atoms with Crippen LogP contribution in [0.3, 0.4) is 0 Å². The molecule has 0 heterocycles. The van der Waals surface area contributed by atoms with Gasteiger partial charge in [-0.2, -0.15) is 24.9 Å². The number of rotatable bonds is 6. The minimum Gasteiger partial charge on any atom is -0.388 e. The maximum Gasteiger partial charge on any atom is 0.417 e. The molecule has 0 spiro atoms. The zero-order valence-corrected chi connectivity index (χ0v) is 12.8. The normalized spacial score (nSPS) is 15.2. The molecule has 0 amide bonds. The van der Waals surface area contributed by atoms with Crippen LogP contribution in [0.5, 0.6) is 0 Å². The Morgan fingerprint density at radius 3 is 2.55 bits per heavy atom. The number of nitrogens with one attached hydrogen (secondary N) is 1. The van der Waals surface area contributed by atoms with Gasteiger partial charge in [0.1, 0.15) is 0 Å². The Morgan fingerprint density at radius 1 is 1.35 bits per heavy atom. The van der Waals surface area contributed by atoms with E-state index in [2.05, 4.69) is 5.32 Å². The number of halogens is 4. The van der Waals surface area contributed by atoms with Gasteiger partial charge in [0.25, 0.3) is 0 Å². The Balaban J connectivity index is 2.66. The molecule has 0 aliphatic rings. The molecule has 0 aliphatic heterocycles. The first-order valence-electron chi connectivity index (χ1n) is 5.93. The van der Waals surface area contributed by atoms with E-state index in [-0.39, 0.29) is 11.6 Å². The predicted octanol–water partition coefficient (Wildman–Crippen LogP) is 3.56. The molecule has 1 atom stereocenters. The zero-order chi connectivity index (χ0) is 15.4. The molecule has 0 saturated carbocycles. The molecule has 0 aromatic heterocycles. The highest BCUT2D eigenvalue weighted by atomic mass is 35.5. The van der Waals surface area contributed by atoms with Crippen molar-refractivity contribution in [3.05, 3.63) is 34.3 Å². The van der Waals surface area contributed by atoms with E-state index in [0.717, 1.165) is 6.07 Å². The molecule has 2 N–H and O–H groups in total. The van der Waals surface area contributed by atoms with E-state index in [1.165, 1.54) is 23.9 Å². The van der Waals surface area contributed by atoms with Gasteiger partial charge in [0.2, 0.25) is 0 Å². The summed E-state index contributed by atoms with van der Waals surface area (Å²) in [6.07, 6.45) is -2.58. The third-order valence-electron chi connectivity index (χ3n) is 2.63. The molecule has 7 heteroatoms. The van der Waals surface area contributed by atoms with Crippen LogP contribution < -0.4 is 5.32 Å². The molecule has 0 radical (unpaired) electrons. The fourth-order valence-electron chi connectivity index (χ4n) is 1.74. The summed E-state index contributed by atoms with van der Waals surface area (Å²) in [5, 5.41) is 12.6. The van der Waals surface area contributed by atoms with E-state index in [9.17, 15) is 18.3 Å². The lowest BCUT2D eigenvalue weighted by Crippen LogP contribution is -2.39. The molecule has 1 rings (SSSR count). The van der Waals surface area contributed by atoms with Crippen LogP contribution in [0.15, 0.2) is 18.2 Å². The average Bonchev–Trinajstić information content (AvgIpc) is 2.29. The lowest BCUT2D eigenvalue weighted by Gasteiger charge is -2.22. The molecular formula is C13H17ClF3NOS. The fourth-order valence-corrected chi connectivity index (χ4v) is 2.69. The van der Waals surface area contributed by atoms with Crippen LogP contribution in [0.4, 0.5) is 13.2 Å². The maximum atomic E-state index is 12.7. The highest BCUT2D eigenvalue weighted by Crippen LogP contribution is 2.35. The summed E-state index contributed by atoms with van der Waals surface area (Å²) in [4.78, 5) is 0. The van der Waals surface area contributed by atoms with Gasteiger partial charge in [-0.3, -0.25) is 0 Å². The van der Waals surface area contributed by atoms with Gasteiger partial charge in [0.05, 0.1) is 16.2 Å². The van der Waals surface area contributed by atoms with Gasteiger partial charge in [0.15, 0.2) is 0 Å². The number of aliphatic hydroxyl groups is 1. The second-order valence-corrected chi connectivity index (χ2v) is 6.12. The Morgan fingerprint density at radius 2 is 2.00 bits per heavy atom. The van der Waals surface area contributed by atoms with Gasteiger partial charge in [-0.15, -0.1) is 0 Å². The minimum absolute atomic E-state index is 0.241. The van der Waals surface area contributed by atoms with E-state index < -0.39 is 17.3 Å². The number of thioether (sulfide) groups is 1. The van der Waals surface area contributed by atoms with Crippen molar-refractivity contribution in [2.75, 3.05) is 18.6 Å². The van der Waals surface area contributed by atoms with E-state index in [0.29, 0.717) is 17.9 Å². The summed E-state index contributed by atoms with van der Waals surface area (Å²) in [5.74, 6) is 0.550. The molecule has 0 aliphatic carbocycles. The smallest absolute Gasteiger partial charge is 0.388 e. The number of alkyl halides is 3. The Kier molecular flexibility index (Phi) is 6.19. The maximum absolute atomic E-state index is 12.7. The molecule has 0 bridgehead atoms. The SMILES string of the molecule is CSCC(C)(O)CNCc1ccc(Cl)c(C(F)(F)F)c1. The van der Waals surface area contributed by atoms with Crippen molar-refractivity contribution in [3.63, 3.8) is 0 Å². The first-order valence-corrected chi connectivity index (χ1v) is 7.70. The first kappa shape index (κ1) is 17.6. The van der Waals surface area contributed by atoms with Crippen molar-refractivity contribution in [1.82, 2.24) is 5.32 Å². The van der Waals surface area contributed by atoms with Gasteiger partial charge in [-0.25, -0.2) is 0 Å². The quantitative estimate of drug-likeness (QED) is 0.838. The molecule has 1 aromatic rings. The lowest BCUT2D eigenvalue weighted by molar-refractivity contribution is -0.137. The highest BCUT2D eigenvalue weighted by molar-refractivity contribution is 7.98. The van der Waals surface area contributed by atoms with Crippen molar-refractivity contribution in [3.8, 4) is 0 Å². The summed E-state index contributed by atoms with van der Waals surface area (Å²) in [6, 6.07) is 3.80. The fraction of sp³-hybridized carbons (Fsp3) is 0.538. The van der Waals surface area contributed by atoms with E-state index in [1.807, 2.05) is 6.26 Å². The van der Waals surface area contributed by atoms with Crippen LogP contribution in [0.1, 0.15) is 18.1 Å². The molecule has 20 heavy (non-hydrogen) atoms. The second-order valence-electron chi connectivity index (χ2n) is 4.85.